The highest BCUT2D eigenvalue weighted by Crippen LogP contribution is 2.47. The fourth-order valence-corrected chi connectivity index (χ4v) is 7.11. The lowest BCUT2D eigenvalue weighted by Crippen LogP contribution is -2.51. The molecule has 2 bridgehead atoms. The molecular weight excluding hydrogens is 487 g/mol. The number of alkyl halides is 3. The van der Waals surface area contributed by atoms with Crippen LogP contribution in [-0.4, -0.2) is 50.3 Å². The maximum Gasteiger partial charge on any atom is 0.417 e. The number of aromatic nitrogens is 5. The SMILES string of the molecule is Cc1nc(N2CC3CCC(C2)N3)c2c(n1)sc1c(-c3c(C(F)(F)F)c(C)cc4[nH]ncc34)nccc12. The average molecular weight is 510 g/mol. The molecule has 4 aromatic heterocycles. The molecule has 5 aromatic rings. The number of hydrogen-bond acceptors (Lipinski definition) is 7. The quantitative estimate of drug-likeness (QED) is 0.334. The van der Waals surface area contributed by atoms with E-state index in [0.717, 1.165) is 47.4 Å². The van der Waals surface area contributed by atoms with Crippen molar-refractivity contribution in [3.8, 4) is 11.3 Å². The number of aryl methyl sites for hydroxylation is 2. The van der Waals surface area contributed by atoms with Crippen LogP contribution in [0.3, 0.4) is 0 Å². The highest BCUT2D eigenvalue weighted by molar-refractivity contribution is 7.26. The van der Waals surface area contributed by atoms with Crippen LogP contribution >= 0.6 is 11.3 Å². The molecule has 0 amide bonds. The van der Waals surface area contributed by atoms with Gasteiger partial charge in [0.1, 0.15) is 16.5 Å². The number of piperazine rings is 1. The predicted molar refractivity (Wildman–Crippen MR) is 134 cm³/mol. The first-order valence-corrected chi connectivity index (χ1v) is 12.7. The van der Waals surface area contributed by atoms with Gasteiger partial charge in [-0.1, -0.05) is 0 Å². The normalized spacial score (nSPS) is 20.3. The minimum absolute atomic E-state index is 0.0508. The van der Waals surface area contributed by atoms with Crippen molar-refractivity contribution in [2.75, 3.05) is 18.0 Å². The molecule has 2 aliphatic rings. The predicted octanol–water partition coefficient (Wildman–Crippen LogP) is 5.36. The number of halogens is 3. The summed E-state index contributed by atoms with van der Waals surface area (Å²) >= 11 is 1.38. The molecule has 7 nitrogen and oxygen atoms in total. The number of benzene rings is 1. The molecule has 2 aliphatic heterocycles. The molecule has 11 heteroatoms. The zero-order valence-electron chi connectivity index (χ0n) is 19.6. The van der Waals surface area contributed by atoms with Crippen molar-refractivity contribution >= 4 is 48.4 Å². The Morgan fingerprint density at radius 2 is 1.86 bits per heavy atom. The van der Waals surface area contributed by atoms with Crippen LogP contribution in [0.5, 0.6) is 0 Å². The van der Waals surface area contributed by atoms with Crippen LogP contribution in [0.2, 0.25) is 0 Å². The Hall–Kier alpha value is -3.31. The maximum atomic E-state index is 14.4. The molecule has 2 saturated heterocycles. The van der Waals surface area contributed by atoms with Crippen LogP contribution in [0, 0.1) is 13.8 Å². The van der Waals surface area contributed by atoms with Crippen LogP contribution in [0.15, 0.2) is 24.5 Å². The van der Waals surface area contributed by atoms with Gasteiger partial charge >= 0.3 is 6.18 Å². The van der Waals surface area contributed by atoms with Gasteiger partial charge in [0.2, 0.25) is 0 Å². The summed E-state index contributed by atoms with van der Waals surface area (Å²) in [4.78, 5) is 17.1. The number of nitrogens with one attached hydrogen (secondary N) is 2. The fraction of sp³-hybridized carbons (Fsp3) is 0.360. The molecule has 1 aromatic carbocycles. The Bertz CT molecular complexity index is 1660. The Labute approximate surface area is 207 Å². The second-order valence-electron chi connectivity index (χ2n) is 9.73. The summed E-state index contributed by atoms with van der Waals surface area (Å²) in [5, 5.41) is 12.6. The highest BCUT2D eigenvalue weighted by Gasteiger charge is 2.38. The molecule has 0 radical (unpaired) electrons. The molecule has 2 unspecified atom stereocenters. The van der Waals surface area contributed by atoms with Crippen molar-refractivity contribution in [2.45, 2.75) is 44.9 Å². The van der Waals surface area contributed by atoms with Gasteiger partial charge < -0.3 is 10.2 Å². The molecule has 6 heterocycles. The van der Waals surface area contributed by atoms with Gasteiger partial charge in [-0.2, -0.15) is 18.3 Å². The van der Waals surface area contributed by atoms with Gasteiger partial charge in [-0.05, 0) is 44.4 Å². The van der Waals surface area contributed by atoms with Gasteiger partial charge in [0.05, 0.1) is 33.1 Å². The zero-order valence-corrected chi connectivity index (χ0v) is 20.4. The molecule has 0 saturated carbocycles. The Kier molecular flexibility index (Phi) is 4.63. The molecule has 184 valence electrons. The van der Waals surface area contributed by atoms with Gasteiger partial charge in [-0.3, -0.25) is 10.1 Å². The average Bonchev–Trinajstić information content (AvgIpc) is 3.52. The maximum absolute atomic E-state index is 14.4. The second-order valence-corrected chi connectivity index (χ2v) is 10.7. The number of rotatable bonds is 2. The number of H-pyrrole nitrogens is 1. The van der Waals surface area contributed by atoms with E-state index < -0.39 is 11.7 Å². The van der Waals surface area contributed by atoms with E-state index in [1.165, 1.54) is 30.5 Å². The monoisotopic (exact) mass is 509 g/mol. The number of fused-ring (bicyclic) bond motifs is 6. The van der Waals surface area contributed by atoms with E-state index in [1.807, 2.05) is 13.0 Å². The van der Waals surface area contributed by atoms with E-state index in [4.69, 9.17) is 9.97 Å². The summed E-state index contributed by atoms with van der Waals surface area (Å²) in [5.41, 5.74) is 0.330. The third-order valence-electron chi connectivity index (χ3n) is 7.32. The van der Waals surface area contributed by atoms with Crippen molar-refractivity contribution < 1.29 is 13.2 Å². The first kappa shape index (κ1) is 21.9. The first-order valence-electron chi connectivity index (χ1n) is 11.9. The molecule has 2 N–H and O–H groups in total. The summed E-state index contributed by atoms with van der Waals surface area (Å²) in [7, 11) is 0. The van der Waals surface area contributed by atoms with Crippen molar-refractivity contribution in [3.05, 3.63) is 41.5 Å². The molecule has 2 atom stereocenters. The van der Waals surface area contributed by atoms with Crippen molar-refractivity contribution in [2.24, 2.45) is 0 Å². The summed E-state index contributed by atoms with van der Waals surface area (Å²) in [5.74, 6) is 1.50. The number of aromatic amines is 1. The standard InChI is InChI=1S/C25H22F3N7S/c1-11-7-17-16(8-30-34-17)18(20(11)25(26,27)28)21-22-15(5-6-29-21)19-23(31-12(2)32-24(19)36-22)35-9-13-3-4-14(10-35)33-13/h5-8,13-14,33H,3-4,9-10H2,1-2H3,(H,30,34). The lowest BCUT2D eigenvalue weighted by atomic mass is 9.94. The van der Waals surface area contributed by atoms with Crippen LogP contribution in [0.4, 0.5) is 19.0 Å². The molecule has 0 spiro atoms. The van der Waals surface area contributed by atoms with E-state index >= 15 is 0 Å². The number of thiophene rings is 1. The van der Waals surface area contributed by atoms with Gasteiger partial charge in [0, 0.05) is 47.7 Å². The zero-order chi connectivity index (χ0) is 24.8. The third-order valence-corrected chi connectivity index (χ3v) is 8.43. The highest BCUT2D eigenvalue weighted by atomic mass is 32.1. The molecule has 2 fully saturated rings. The fourth-order valence-electron chi connectivity index (χ4n) is 5.90. The lowest BCUT2D eigenvalue weighted by Gasteiger charge is -2.34. The van der Waals surface area contributed by atoms with Gasteiger partial charge in [-0.15, -0.1) is 11.3 Å². The largest absolute Gasteiger partial charge is 0.417 e. The molecule has 0 aliphatic carbocycles. The molecular formula is C25H22F3N7S. The summed E-state index contributed by atoms with van der Waals surface area (Å²) in [6.07, 6.45) is 0.762. The van der Waals surface area contributed by atoms with Crippen LogP contribution in [0.25, 0.3) is 42.5 Å². The van der Waals surface area contributed by atoms with Crippen molar-refractivity contribution in [1.29, 1.82) is 0 Å². The Morgan fingerprint density at radius 3 is 2.61 bits per heavy atom. The third kappa shape index (κ3) is 3.22. The Balaban J connectivity index is 1.53. The van der Waals surface area contributed by atoms with Gasteiger partial charge in [0.25, 0.3) is 0 Å². The molecule has 7 rings (SSSR count). The topological polar surface area (TPSA) is 82.6 Å². The van der Waals surface area contributed by atoms with Crippen LogP contribution in [0.1, 0.15) is 29.8 Å². The number of hydrogen-bond donors (Lipinski definition) is 2. The number of pyridine rings is 1. The number of nitrogens with zero attached hydrogens (tertiary/aromatic N) is 5. The van der Waals surface area contributed by atoms with Gasteiger partial charge in [0.15, 0.2) is 0 Å². The van der Waals surface area contributed by atoms with Crippen molar-refractivity contribution in [1.82, 2.24) is 30.5 Å². The van der Waals surface area contributed by atoms with E-state index in [0.29, 0.717) is 39.2 Å². The summed E-state index contributed by atoms with van der Waals surface area (Å²) in [6, 6.07) is 4.21. The molecule has 36 heavy (non-hydrogen) atoms. The van der Waals surface area contributed by atoms with E-state index in [2.05, 4.69) is 25.4 Å². The van der Waals surface area contributed by atoms with Crippen LogP contribution < -0.4 is 10.2 Å². The minimum Gasteiger partial charge on any atom is -0.353 e. The Morgan fingerprint density at radius 1 is 1.08 bits per heavy atom. The van der Waals surface area contributed by atoms with E-state index in [1.54, 1.807) is 6.20 Å². The van der Waals surface area contributed by atoms with Crippen LogP contribution in [-0.2, 0) is 6.18 Å². The second kappa shape index (κ2) is 7.59. The smallest absolute Gasteiger partial charge is 0.353 e. The van der Waals surface area contributed by atoms with Crippen molar-refractivity contribution in [3.63, 3.8) is 0 Å². The van der Waals surface area contributed by atoms with E-state index in [-0.39, 0.29) is 11.1 Å². The summed E-state index contributed by atoms with van der Waals surface area (Å²) in [6.45, 7) is 5.04. The van der Waals surface area contributed by atoms with Gasteiger partial charge in [-0.25, -0.2) is 9.97 Å². The lowest BCUT2D eigenvalue weighted by molar-refractivity contribution is -0.137. The number of anilines is 1. The first-order chi connectivity index (χ1) is 17.3. The summed E-state index contributed by atoms with van der Waals surface area (Å²) < 4.78 is 43.8. The van der Waals surface area contributed by atoms with E-state index in [9.17, 15) is 13.2 Å². The minimum atomic E-state index is -4.55.